The second-order valence-electron chi connectivity index (χ2n) is 9.15. The van der Waals surface area contributed by atoms with Crippen LogP contribution in [0.25, 0.3) is 0 Å². The van der Waals surface area contributed by atoms with E-state index < -0.39 is 5.92 Å². The number of nitrogens with zero attached hydrogens (tertiary/aromatic N) is 2. The number of carbonyl (C=O) groups excluding carboxylic acids is 2. The molecule has 4 rings (SSSR count). The lowest BCUT2D eigenvalue weighted by Crippen LogP contribution is -2.33. The van der Waals surface area contributed by atoms with Crippen LogP contribution in [0.5, 0.6) is 5.75 Å². The zero-order valence-corrected chi connectivity index (χ0v) is 17.9. The van der Waals surface area contributed by atoms with Crippen molar-refractivity contribution in [3.63, 3.8) is 0 Å². The highest BCUT2D eigenvalue weighted by Gasteiger charge is 2.43. The van der Waals surface area contributed by atoms with Crippen LogP contribution in [0.2, 0.25) is 0 Å². The van der Waals surface area contributed by atoms with Gasteiger partial charge in [0, 0.05) is 31.5 Å². The first-order valence-electron chi connectivity index (χ1n) is 10.6. The van der Waals surface area contributed by atoms with Crippen molar-refractivity contribution in [1.82, 2.24) is 4.90 Å². The lowest BCUT2D eigenvalue weighted by Gasteiger charge is -2.37. The van der Waals surface area contributed by atoms with Crippen LogP contribution in [-0.4, -0.2) is 36.3 Å². The second kappa shape index (κ2) is 8.10. The molecule has 0 saturated carbocycles. The Kier molecular flexibility index (Phi) is 5.48. The molecule has 3 aliphatic rings. The van der Waals surface area contributed by atoms with E-state index in [9.17, 15) is 14.9 Å². The quantitative estimate of drug-likeness (QED) is 0.801. The number of rotatable bonds is 4. The third-order valence-corrected chi connectivity index (χ3v) is 6.09. The minimum atomic E-state index is -0.602. The van der Waals surface area contributed by atoms with Gasteiger partial charge < -0.3 is 20.1 Å². The molecule has 1 aromatic rings. The van der Waals surface area contributed by atoms with Crippen LogP contribution in [-0.2, 0) is 14.3 Å². The molecule has 0 radical (unpaired) electrons. The van der Waals surface area contributed by atoms with Gasteiger partial charge in [0.25, 0.3) is 5.91 Å². The predicted octanol–water partition coefficient (Wildman–Crippen LogP) is 3.14. The number of nitriles is 1. The molecule has 2 aliphatic heterocycles. The maximum absolute atomic E-state index is 13.1. The largest absolute Gasteiger partial charge is 0.484 e. The van der Waals surface area contributed by atoms with Crippen LogP contribution in [0.4, 0.5) is 0 Å². The van der Waals surface area contributed by atoms with Crippen LogP contribution < -0.4 is 10.5 Å². The summed E-state index contributed by atoms with van der Waals surface area (Å²) in [7, 11) is 0. The van der Waals surface area contributed by atoms with Crippen LogP contribution in [0, 0.1) is 16.7 Å². The summed E-state index contributed by atoms with van der Waals surface area (Å²) in [5, 5.41) is 9.76. The Hall–Kier alpha value is -3.27. The molecule has 2 N–H and O–H groups in total. The first-order chi connectivity index (χ1) is 14.8. The Labute approximate surface area is 182 Å². The van der Waals surface area contributed by atoms with Gasteiger partial charge in [0.2, 0.25) is 5.88 Å². The zero-order chi connectivity index (χ0) is 22.2. The van der Waals surface area contributed by atoms with Crippen molar-refractivity contribution in [1.29, 1.82) is 5.26 Å². The van der Waals surface area contributed by atoms with Crippen LogP contribution in [0.15, 0.2) is 47.1 Å². The minimum Gasteiger partial charge on any atom is -0.484 e. The Balaban J connectivity index is 1.63. The summed E-state index contributed by atoms with van der Waals surface area (Å²) in [6, 6.07) is 9.30. The number of amides is 1. The molecule has 0 bridgehead atoms. The lowest BCUT2D eigenvalue weighted by molar-refractivity contribution is -0.132. The summed E-state index contributed by atoms with van der Waals surface area (Å²) in [5.74, 6) is 0.413. The number of benzene rings is 1. The van der Waals surface area contributed by atoms with Gasteiger partial charge in [-0.25, -0.2) is 0 Å². The van der Waals surface area contributed by atoms with Gasteiger partial charge in [0.05, 0.1) is 5.92 Å². The van der Waals surface area contributed by atoms with Gasteiger partial charge in [0.1, 0.15) is 23.2 Å². The van der Waals surface area contributed by atoms with E-state index in [2.05, 4.69) is 6.07 Å². The number of hydrogen-bond acceptors (Lipinski definition) is 6. The van der Waals surface area contributed by atoms with E-state index in [4.69, 9.17) is 15.2 Å². The van der Waals surface area contributed by atoms with E-state index in [-0.39, 0.29) is 35.2 Å². The molecule has 2 heterocycles. The summed E-state index contributed by atoms with van der Waals surface area (Å²) in [6.07, 6.45) is 3.01. The average molecular weight is 421 g/mol. The Morgan fingerprint density at radius 3 is 2.77 bits per heavy atom. The molecule has 7 heteroatoms. The number of ketones is 1. The minimum absolute atomic E-state index is 0.0345. The van der Waals surface area contributed by atoms with Crippen LogP contribution >= 0.6 is 0 Å². The summed E-state index contributed by atoms with van der Waals surface area (Å²) in [5.41, 5.74) is 7.27. The van der Waals surface area contributed by atoms with Crippen molar-refractivity contribution in [2.24, 2.45) is 11.1 Å². The van der Waals surface area contributed by atoms with E-state index in [1.165, 1.54) is 0 Å². The number of allylic oxidation sites excluding steroid dienone is 3. The average Bonchev–Trinajstić information content (AvgIpc) is 3.25. The zero-order valence-electron chi connectivity index (χ0n) is 17.9. The summed E-state index contributed by atoms with van der Waals surface area (Å²) >= 11 is 0. The molecule has 1 atom stereocenters. The number of likely N-dealkylation sites (tertiary alicyclic amines) is 1. The highest BCUT2D eigenvalue weighted by Crippen LogP contribution is 2.48. The summed E-state index contributed by atoms with van der Waals surface area (Å²) < 4.78 is 11.5. The van der Waals surface area contributed by atoms with E-state index in [0.717, 1.165) is 31.5 Å². The van der Waals surface area contributed by atoms with E-state index >= 15 is 0 Å². The molecule has 1 fully saturated rings. The number of carbonyl (C=O) groups is 2. The maximum atomic E-state index is 13.1. The lowest BCUT2D eigenvalue weighted by atomic mass is 9.70. The van der Waals surface area contributed by atoms with E-state index in [1.807, 2.05) is 19.9 Å². The molecule has 1 aromatic carbocycles. The smallest absolute Gasteiger partial charge is 0.260 e. The van der Waals surface area contributed by atoms with Gasteiger partial charge in [-0.15, -0.1) is 0 Å². The first kappa shape index (κ1) is 21.0. The molecule has 31 heavy (non-hydrogen) atoms. The van der Waals surface area contributed by atoms with E-state index in [0.29, 0.717) is 29.9 Å². The topological polar surface area (TPSA) is 106 Å². The van der Waals surface area contributed by atoms with Crippen molar-refractivity contribution in [2.75, 3.05) is 19.7 Å². The van der Waals surface area contributed by atoms with Crippen LogP contribution in [0.1, 0.15) is 51.0 Å². The molecule has 1 aliphatic carbocycles. The Morgan fingerprint density at radius 2 is 2.06 bits per heavy atom. The molecule has 0 spiro atoms. The fraction of sp³-hybridized carbons (Fsp3) is 0.458. The summed E-state index contributed by atoms with van der Waals surface area (Å²) in [4.78, 5) is 27.2. The first-order valence-corrected chi connectivity index (χ1v) is 10.6. The molecule has 1 saturated heterocycles. The van der Waals surface area contributed by atoms with Gasteiger partial charge >= 0.3 is 0 Å². The second-order valence-corrected chi connectivity index (χ2v) is 9.15. The van der Waals surface area contributed by atoms with Gasteiger partial charge in [-0.2, -0.15) is 5.26 Å². The standard InChI is InChI=1S/C24H27N3O4/c1-24(2)11-18(28)22-19(12-24)31-23(26)17(13-25)21(22)15-6-5-7-16(10-15)30-14-20(29)27-8-3-4-9-27/h5-7,10,21H,3-4,8-9,11-12,14,26H2,1-2H3. The van der Waals surface area contributed by atoms with E-state index in [1.54, 1.807) is 23.1 Å². The van der Waals surface area contributed by atoms with Gasteiger partial charge in [0.15, 0.2) is 12.4 Å². The molecule has 7 nitrogen and oxygen atoms in total. The van der Waals surface area contributed by atoms with Crippen molar-refractivity contribution >= 4 is 11.7 Å². The normalized spacial score (nSPS) is 22.7. The highest BCUT2D eigenvalue weighted by molar-refractivity contribution is 6.00. The van der Waals surface area contributed by atoms with Gasteiger partial charge in [-0.05, 0) is 36.0 Å². The molecule has 162 valence electrons. The fourth-order valence-electron chi connectivity index (χ4n) is 4.60. The maximum Gasteiger partial charge on any atom is 0.260 e. The SMILES string of the molecule is CC1(C)CC(=O)C2=C(C1)OC(N)=C(C#N)C2c1cccc(OCC(=O)N2CCCC2)c1. The monoisotopic (exact) mass is 421 g/mol. The molecular weight excluding hydrogens is 394 g/mol. The third kappa shape index (κ3) is 4.15. The number of hydrogen-bond donors (Lipinski definition) is 1. The van der Waals surface area contributed by atoms with Crippen molar-refractivity contribution in [2.45, 2.75) is 45.4 Å². The number of Topliss-reactive ketones (excluding diaryl/α,β-unsaturated/α-hetero) is 1. The Morgan fingerprint density at radius 1 is 1.32 bits per heavy atom. The van der Waals surface area contributed by atoms with Crippen LogP contribution in [0.3, 0.4) is 0 Å². The summed E-state index contributed by atoms with van der Waals surface area (Å²) in [6.45, 7) is 5.53. The molecule has 1 amide bonds. The van der Waals surface area contributed by atoms with Crippen molar-refractivity contribution in [3.05, 3.63) is 52.6 Å². The van der Waals surface area contributed by atoms with Gasteiger partial charge in [-0.1, -0.05) is 26.0 Å². The Bertz CT molecular complexity index is 1030. The number of nitrogens with two attached hydrogens (primary N) is 1. The fourth-order valence-corrected chi connectivity index (χ4v) is 4.60. The van der Waals surface area contributed by atoms with Crippen molar-refractivity contribution in [3.8, 4) is 11.8 Å². The molecule has 1 unspecified atom stereocenters. The third-order valence-electron chi connectivity index (χ3n) is 6.09. The van der Waals surface area contributed by atoms with Crippen molar-refractivity contribution < 1.29 is 19.1 Å². The molecular formula is C24H27N3O4. The molecule has 0 aromatic heterocycles. The van der Waals surface area contributed by atoms with Gasteiger partial charge in [-0.3, -0.25) is 9.59 Å². The predicted molar refractivity (Wildman–Crippen MR) is 113 cm³/mol. The highest BCUT2D eigenvalue weighted by atomic mass is 16.5. The number of ether oxygens (including phenoxy) is 2.